The first-order valence-electron chi connectivity index (χ1n) is 9.35. The maximum Gasteiger partial charge on any atom is 0.262 e. The van der Waals surface area contributed by atoms with Gasteiger partial charge in [-0.05, 0) is 31.7 Å². The van der Waals surface area contributed by atoms with Gasteiger partial charge in [-0.3, -0.25) is 14.4 Å². The van der Waals surface area contributed by atoms with Crippen LogP contribution in [0.25, 0.3) is 11.0 Å². The molecule has 2 aliphatic rings. The summed E-state index contributed by atoms with van der Waals surface area (Å²) in [5, 5.41) is 4.71. The fourth-order valence-corrected chi connectivity index (χ4v) is 4.52. The number of rotatable bonds is 4. The van der Waals surface area contributed by atoms with Crippen LogP contribution in [0.4, 0.5) is 0 Å². The van der Waals surface area contributed by atoms with E-state index in [-0.39, 0.29) is 5.56 Å². The highest BCUT2D eigenvalue weighted by atomic mass is 16.1. The van der Waals surface area contributed by atoms with Gasteiger partial charge in [0.1, 0.15) is 11.2 Å². The molecule has 130 valence electrons. The lowest BCUT2D eigenvalue weighted by Crippen LogP contribution is -2.32. The molecule has 1 aliphatic carbocycles. The van der Waals surface area contributed by atoms with Crippen molar-refractivity contribution in [1.29, 1.82) is 0 Å². The maximum atomic E-state index is 12.2. The van der Waals surface area contributed by atoms with Crippen LogP contribution in [0.1, 0.15) is 57.2 Å². The van der Waals surface area contributed by atoms with E-state index in [1.807, 2.05) is 7.05 Å². The van der Waals surface area contributed by atoms with Crippen LogP contribution in [0.2, 0.25) is 0 Å². The number of hydrogen-bond acceptors (Lipinski definition) is 4. The number of H-pyrrole nitrogens is 1. The summed E-state index contributed by atoms with van der Waals surface area (Å²) < 4.78 is 1.68. The number of aromatic amines is 1. The lowest BCUT2D eigenvalue weighted by Gasteiger charge is -2.29. The SMILES string of the molecule is Cn1ncc2c(=O)[nH]c(CN3CCC[C@@H]3CC3CCCCC3)nc21. The summed E-state index contributed by atoms with van der Waals surface area (Å²) in [5.41, 5.74) is 0.600. The molecule has 24 heavy (non-hydrogen) atoms. The van der Waals surface area contributed by atoms with Gasteiger partial charge in [0, 0.05) is 13.1 Å². The average molecular weight is 329 g/mol. The molecule has 0 unspecified atom stereocenters. The van der Waals surface area contributed by atoms with Crippen LogP contribution in [-0.2, 0) is 13.6 Å². The van der Waals surface area contributed by atoms with Gasteiger partial charge < -0.3 is 4.98 Å². The summed E-state index contributed by atoms with van der Waals surface area (Å²) in [6.07, 6.45) is 12.5. The lowest BCUT2D eigenvalue weighted by atomic mass is 9.84. The van der Waals surface area contributed by atoms with E-state index in [0.29, 0.717) is 17.1 Å². The molecule has 2 fully saturated rings. The van der Waals surface area contributed by atoms with Gasteiger partial charge in [0.15, 0.2) is 5.65 Å². The fraction of sp³-hybridized carbons (Fsp3) is 0.722. The van der Waals surface area contributed by atoms with E-state index in [1.54, 1.807) is 10.9 Å². The van der Waals surface area contributed by atoms with Gasteiger partial charge in [0.25, 0.3) is 5.56 Å². The molecule has 3 heterocycles. The highest BCUT2D eigenvalue weighted by Crippen LogP contribution is 2.32. The van der Waals surface area contributed by atoms with E-state index in [2.05, 4.69) is 20.0 Å². The van der Waals surface area contributed by atoms with Crippen molar-refractivity contribution < 1.29 is 0 Å². The summed E-state index contributed by atoms with van der Waals surface area (Å²) in [6.45, 7) is 1.86. The Morgan fingerprint density at radius 1 is 1.21 bits per heavy atom. The summed E-state index contributed by atoms with van der Waals surface area (Å²) in [4.78, 5) is 22.3. The van der Waals surface area contributed by atoms with Gasteiger partial charge in [0.2, 0.25) is 0 Å². The van der Waals surface area contributed by atoms with Gasteiger partial charge >= 0.3 is 0 Å². The third kappa shape index (κ3) is 3.11. The van der Waals surface area contributed by atoms with Crippen molar-refractivity contribution in [1.82, 2.24) is 24.6 Å². The second-order valence-electron chi connectivity index (χ2n) is 7.52. The summed E-state index contributed by atoms with van der Waals surface area (Å²) in [5.74, 6) is 1.67. The molecule has 1 saturated heterocycles. The minimum atomic E-state index is -0.0777. The monoisotopic (exact) mass is 329 g/mol. The number of likely N-dealkylation sites (tertiary alicyclic amines) is 1. The third-order valence-corrected chi connectivity index (χ3v) is 5.83. The zero-order valence-corrected chi connectivity index (χ0v) is 14.5. The van der Waals surface area contributed by atoms with Crippen LogP contribution >= 0.6 is 0 Å². The summed E-state index contributed by atoms with van der Waals surface area (Å²) in [7, 11) is 1.83. The number of aromatic nitrogens is 4. The normalized spacial score (nSPS) is 23.3. The minimum Gasteiger partial charge on any atom is -0.309 e. The number of hydrogen-bond donors (Lipinski definition) is 1. The first-order valence-corrected chi connectivity index (χ1v) is 9.35. The summed E-state index contributed by atoms with van der Waals surface area (Å²) in [6, 6.07) is 0.653. The second-order valence-corrected chi connectivity index (χ2v) is 7.52. The van der Waals surface area contributed by atoms with Crippen molar-refractivity contribution in [2.24, 2.45) is 13.0 Å². The van der Waals surface area contributed by atoms with E-state index in [9.17, 15) is 4.79 Å². The zero-order valence-electron chi connectivity index (χ0n) is 14.5. The van der Waals surface area contributed by atoms with E-state index in [4.69, 9.17) is 0 Å². The molecule has 1 aliphatic heterocycles. The zero-order chi connectivity index (χ0) is 16.5. The van der Waals surface area contributed by atoms with Crippen LogP contribution in [-0.4, -0.2) is 37.2 Å². The Labute approximate surface area is 142 Å². The van der Waals surface area contributed by atoms with Gasteiger partial charge in [-0.2, -0.15) is 5.10 Å². The van der Waals surface area contributed by atoms with Crippen molar-refractivity contribution in [3.05, 3.63) is 22.4 Å². The highest BCUT2D eigenvalue weighted by molar-refractivity contribution is 5.72. The Balaban J connectivity index is 1.49. The molecule has 1 atom stereocenters. The Hall–Kier alpha value is -1.69. The molecule has 0 bridgehead atoms. The molecule has 2 aromatic rings. The summed E-state index contributed by atoms with van der Waals surface area (Å²) >= 11 is 0. The fourth-order valence-electron chi connectivity index (χ4n) is 4.52. The molecule has 0 radical (unpaired) electrons. The lowest BCUT2D eigenvalue weighted by molar-refractivity contribution is 0.189. The number of nitrogens with zero attached hydrogens (tertiary/aromatic N) is 4. The first kappa shape index (κ1) is 15.8. The molecule has 4 rings (SSSR count). The molecule has 0 amide bonds. The van der Waals surface area contributed by atoms with Crippen LogP contribution < -0.4 is 5.56 Å². The molecule has 6 nitrogen and oxygen atoms in total. The van der Waals surface area contributed by atoms with Gasteiger partial charge in [-0.1, -0.05) is 32.1 Å². The van der Waals surface area contributed by atoms with Crippen LogP contribution in [0.15, 0.2) is 11.0 Å². The van der Waals surface area contributed by atoms with E-state index in [0.717, 1.165) is 24.8 Å². The predicted octanol–water partition coefficient (Wildman–Crippen LogP) is 2.59. The number of nitrogens with one attached hydrogen (secondary N) is 1. The molecule has 0 spiro atoms. The molecule has 0 aromatic carbocycles. The van der Waals surface area contributed by atoms with Crippen molar-refractivity contribution in [2.45, 2.75) is 64.0 Å². The van der Waals surface area contributed by atoms with Gasteiger partial charge in [0.05, 0.1) is 12.7 Å². The van der Waals surface area contributed by atoms with Crippen molar-refractivity contribution in [3.63, 3.8) is 0 Å². The number of fused-ring (bicyclic) bond motifs is 1. The van der Waals surface area contributed by atoms with Crippen LogP contribution in [0.3, 0.4) is 0 Å². The van der Waals surface area contributed by atoms with E-state index < -0.39 is 0 Å². The van der Waals surface area contributed by atoms with Crippen molar-refractivity contribution in [3.8, 4) is 0 Å². The van der Waals surface area contributed by atoms with E-state index in [1.165, 1.54) is 51.4 Å². The average Bonchev–Trinajstić information content (AvgIpc) is 3.16. The molecule has 2 aromatic heterocycles. The second kappa shape index (κ2) is 6.67. The van der Waals surface area contributed by atoms with Gasteiger partial charge in [-0.15, -0.1) is 0 Å². The Bertz CT molecular complexity index is 758. The first-order chi connectivity index (χ1) is 11.7. The third-order valence-electron chi connectivity index (χ3n) is 5.83. The van der Waals surface area contributed by atoms with Gasteiger partial charge in [-0.25, -0.2) is 4.98 Å². The van der Waals surface area contributed by atoms with Crippen molar-refractivity contribution in [2.75, 3.05) is 6.54 Å². The van der Waals surface area contributed by atoms with Crippen molar-refractivity contribution >= 4 is 11.0 Å². The molecular weight excluding hydrogens is 302 g/mol. The highest BCUT2D eigenvalue weighted by Gasteiger charge is 2.28. The Morgan fingerprint density at radius 3 is 2.88 bits per heavy atom. The standard InChI is InChI=1S/C18H27N5O/c1-22-17-15(11-19-22)18(24)21-16(20-17)12-23-9-5-8-14(23)10-13-6-3-2-4-7-13/h11,13-14H,2-10,12H2,1H3,(H,20,21,24)/t14-/m1/s1. The topological polar surface area (TPSA) is 66.8 Å². The smallest absolute Gasteiger partial charge is 0.262 e. The number of aryl methyl sites for hydroxylation is 1. The minimum absolute atomic E-state index is 0.0777. The van der Waals surface area contributed by atoms with E-state index >= 15 is 0 Å². The van der Waals surface area contributed by atoms with Crippen LogP contribution in [0, 0.1) is 5.92 Å². The molecule has 1 N–H and O–H groups in total. The Morgan fingerprint density at radius 2 is 2.04 bits per heavy atom. The molecule has 6 heteroatoms. The van der Waals surface area contributed by atoms with Crippen LogP contribution in [0.5, 0.6) is 0 Å². The maximum absolute atomic E-state index is 12.2. The largest absolute Gasteiger partial charge is 0.309 e. The molecule has 1 saturated carbocycles. The quantitative estimate of drug-likeness (QED) is 0.936. The molecular formula is C18H27N5O. The Kier molecular flexibility index (Phi) is 4.39. The predicted molar refractivity (Wildman–Crippen MR) is 93.8 cm³/mol.